The number of hydrogen-bond donors (Lipinski definition) is 1. The number of rotatable bonds is 7. The SMILES string of the molecule is CCN(CC)CCNC(=O)/C=C/c1cnc2sccn12. The minimum atomic E-state index is -0.0673. The number of aromatic nitrogens is 2. The van der Waals surface area contributed by atoms with Gasteiger partial charge in [0.05, 0.1) is 11.9 Å². The van der Waals surface area contributed by atoms with Gasteiger partial charge in [0.1, 0.15) is 0 Å². The Hall–Kier alpha value is -1.66. The number of carbonyl (C=O) groups is 1. The van der Waals surface area contributed by atoms with Crippen LogP contribution in [0.25, 0.3) is 11.0 Å². The highest BCUT2D eigenvalue weighted by Crippen LogP contribution is 2.13. The third-order valence-electron chi connectivity index (χ3n) is 3.20. The van der Waals surface area contributed by atoms with Crippen LogP contribution in [0.5, 0.6) is 0 Å². The van der Waals surface area contributed by atoms with E-state index in [1.54, 1.807) is 29.7 Å². The van der Waals surface area contributed by atoms with Crippen LogP contribution in [0.4, 0.5) is 0 Å². The van der Waals surface area contributed by atoms with Gasteiger partial charge in [0.2, 0.25) is 5.91 Å². The van der Waals surface area contributed by atoms with Crippen molar-refractivity contribution in [2.75, 3.05) is 26.2 Å². The number of nitrogens with zero attached hydrogens (tertiary/aromatic N) is 3. The van der Waals surface area contributed by atoms with Gasteiger partial charge in [-0.25, -0.2) is 4.98 Å². The standard InChI is InChI=1S/C14H20N4OS/c1-3-17(4-2)8-7-15-13(19)6-5-12-11-16-14-18(12)9-10-20-14/h5-6,9-11H,3-4,7-8H2,1-2H3,(H,15,19)/b6-5+. The van der Waals surface area contributed by atoms with Gasteiger partial charge < -0.3 is 10.2 Å². The molecule has 0 aliphatic heterocycles. The zero-order chi connectivity index (χ0) is 14.4. The van der Waals surface area contributed by atoms with Crippen LogP contribution in [-0.2, 0) is 4.79 Å². The number of hydrogen-bond acceptors (Lipinski definition) is 4. The van der Waals surface area contributed by atoms with Gasteiger partial charge >= 0.3 is 0 Å². The fourth-order valence-electron chi connectivity index (χ4n) is 1.97. The summed E-state index contributed by atoms with van der Waals surface area (Å²) in [5.74, 6) is -0.0673. The second-order valence-corrected chi connectivity index (χ2v) is 5.26. The Morgan fingerprint density at radius 3 is 3.05 bits per heavy atom. The summed E-state index contributed by atoms with van der Waals surface area (Å²) in [7, 11) is 0. The number of likely N-dealkylation sites (N-methyl/N-ethyl adjacent to an activating group) is 1. The van der Waals surface area contributed by atoms with E-state index in [9.17, 15) is 4.79 Å². The predicted octanol–water partition coefficient (Wildman–Crippen LogP) is 1.87. The molecule has 0 saturated carbocycles. The van der Waals surface area contributed by atoms with Crippen LogP contribution in [0.15, 0.2) is 23.8 Å². The summed E-state index contributed by atoms with van der Waals surface area (Å²) >= 11 is 1.58. The molecular formula is C14H20N4OS. The first-order valence-corrected chi connectivity index (χ1v) is 7.71. The summed E-state index contributed by atoms with van der Waals surface area (Å²) in [6.45, 7) is 7.81. The lowest BCUT2D eigenvalue weighted by atomic mass is 10.4. The molecule has 6 heteroatoms. The van der Waals surface area contributed by atoms with Crippen molar-refractivity contribution < 1.29 is 4.79 Å². The molecule has 0 radical (unpaired) electrons. The minimum absolute atomic E-state index is 0.0673. The number of carbonyl (C=O) groups excluding carboxylic acids is 1. The van der Waals surface area contributed by atoms with Crippen LogP contribution in [-0.4, -0.2) is 46.4 Å². The van der Waals surface area contributed by atoms with E-state index in [0.29, 0.717) is 6.54 Å². The number of thiazole rings is 1. The molecule has 0 aliphatic rings. The Balaban J connectivity index is 1.82. The topological polar surface area (TPSA) is 49.6 Å². The number of fused-ring (bicyclic) bond motifs is 1. The lowest BCUT2D eigenvalue weighted by molar-refractivity contribution is -0.116. The van der Waals surface area contributed by atoms with E-state index >= 15 is 0 Å². The van der Waals surface area contributed by atoms with E-state index in [4.69, 9.17) is 0 Å². The van der Waals surface area contributed by atoms with E-state index in [1.165, 1.54) is 0 Å². The monoisotopic (exact) mass is 292 g/mol. The van der Waals surface area contributed by atoms with Crippen molar-refractivity contribution in [2.24, 2.45) is 0 Å². The Morgan fingerprint density at radius 1 is 1.50 bits per heavy atom. The molecule has 0 aromatic carbocycles. The summed E-state index contributed by atoms with van der Waals surface area (Å²) in [6, 6.07) is 0. The second-order valence-electron chi connectivity index (χ2n) is 4.39. The summed E-state index contributed by atoms with van der Waals surface area (Å²) < 4.78 is 1.96. The van der Waals surface area contributed by atoms with Gasteiger partial charge in [-0.05, 0) is 19.2 Å². The van der Waals surface area contributed by atoms with Gasteiger partial charge in [-0.3, -0.25) is 9.20 Å². The number of imidazole rings is 1. The smallest absolute Gasteiger partial charge is 0.244 e. The first-order valence-electron chi connectivity index (χ1n) is 6.83. The maximum absolute atomic E-state index is 11.7. The molecule has 2 heterocycles. The van der Waals surface area contributed by atoms with Crippen LogP contribution in [0.3, 0.4) is 0 Å². The Kier molecular flexibility index (Phi) is 5.31. The minimum Gasteiger partial charge on any atom is -0.351 e. The van der Waals surface area contributed by atoms with Crippen molar-refractivity contribution in [1.29, 1.82) is 0 Å². The maximum atomic E-state index is 11.7. The highest BCUT2D eigenvalue weighted by atomic mass is 32.1. The van der Waals surface area contributed by atoms with Crippen molar-refractivity contribution in [2.45, 2.75) is 13.8 Å². The number of amides is 1. The summed E-state index contributed by atoms with van der Waals surface area (Å²) in [6.07, 6.45) is 7.07. The van der Waals surface area contributed by atoms with E-state index < -0.39 is 0 Å². The highest BCUT2D eigenvalue weighted by Gasteiger charge is 2.02. The fourth-order valence-corrected chi connectivity index (χ4v) is 2.66. The third-order valence-corrected chi connectivity index (χ3v) is 3.97. The Bertz CT molecular complexity index is 583. The van der Waals surface area contributed by atoms with Crippen molar-refractivity contribution in [3.8, 4) is 0 Å². The van der Waals surface area contributed by atoms with Gasteiger partial charge in [-0.1, -0.05) is 13.8 Å². The normalized spacial score (nSPS) is 11.8. The van der Waals surface area contributed by atoms with Crippen LogP contribution >= 0.6 is 11.3 Å². The van der Waals surface area contributed by atoms with Crippen molar-refractivity contribution in [3.05, 3.63) is 29.5 Å². The molecule has 108 valence electrons. The molecule has 1 N–H and O–H groups in total. The molecule has 0 spiro atoms. The zero-order valence-corrected chi connectivity index (χ0v) is 12.7. The molecule has 0 saturated heterocycles. The van der Waals surface area contributed by atoms with Crippen LogP contribution in [0.1, 0.15) is 19.5 Å². The molecule has 0 unspecified atom stereocenters. The Morgan fingerprint density at radius 2 is 2.30 bits per heavy atom. The molecule has 2 aromatic heterocycles. The average Bonchev–Trinajstić information content (AvgIpc) is 3.05. The van der Waals surface area contributed by atoms with Gasteiger partial charge in [0.15, 0.2) is 4.96 Å². The van der Waals surface area contributed by atoms with Crippen molar-refractivity contribution in [3.63, 3.8) is 0 Å². The molecule has 2 aromatic rings. The van der Waals surface area contributed by atoms with Crippen molar-refractivity contribution >= 4 is 28.3 Å². The molecule has 0 aliphatic carbocycles. The van der Waals surface area contributed by atoms with Gasteiger partial charge in [-0.15, -0.1) is 11.3 Å². The molecule has 0 bridgehead atoms. The second kappa shape index (κ2) is 7.21. The third kappa shape index (κ3) is 3.68. The molecule has 0 atom stereocenters. The van der Waals surface area contributed by atoms with Gasteiger partial charge in [0.25, 0.3) is 0 Å². The molecular weight excluding hydrogens is 272 g/mol. The van der Waals surface area contributed by atoms with Crippen LogP contribution in [0, 0.1) is 0 Å². The van der Waals surface area contributed by atoms with Crippen LogP contribution in [0.2, 0.25) is 0 Å². The van der Waals surface area contributed by atoms with Crippen LogP contribution < -0.4 is 5.32 Å². The molecule has 20 heavy (non-hydrogen) atoms. The van der Waals surface area contributed by atoms with Gasteiger partial charge in [0, 0.05) is 30.7 Å². The van der Waals surface area contributed by atoms with E-state index in [2.05, 4.69) is 29.0 Å². The lowest BCUT2D eigenvalue weighted by Crippen LogP contribution is -2.34. The van der Waals surface area contributed by atoms with E-state index in [0.717, 1.165) is 30.3 Å². The van der Waals surface area contributed by atoms with E-state index in [1.807, 2.05) is 16.0 Å². The zero-order valence-electron chi connectivity index (χ0n) is 11.9. The predicted molar refractivity (Wildman–Crippen MR) is 82.9 cm³/mol. The summed E-state index contributed by atoms with van der Waals surface area (Å²) in [4.78, 5) is 19.2. The largest absolute Gasteiger partial charge is 0.351 e. The molecule has 0 fully saturated rings. The Labute approximate surface area is 122 Å². The maximum Gasteiger partial charge on any atom is 0.244 e. The molecule has 2 rings (SSSR count). The summed E-state index contributed by atoms with van der Waals surface area (Å²) in [5.41, 5.74) is 0.917. The highest BCUT2D eigenvalue weighted by molar-refractivity contribution is 7.15. The summed E-state index contributed by atoms with van der Waals surface area (Å²) in [5, 5.41) is 4.87. The quantitative estimate of drug-likeness (QED) is 0.793. The first kappa shape index (κ1) is 14.7. The van der Waals surface area contributed by atoms with Crippen molar-refractivity contribution in [1.82, 2.24) is 19.6 Å². The fraction of sp³-hybridized carbons (Fsp3) is 0.429. The van der Waals surface area contributed by atoms with E-state index in [-0.39, 0.29) is 5.91 Å². The lowest BCUT2D eigenvalue weighted by Gasteiger charge is -2.17. The molecule has 1 amide bonds. The first-order chi connectivity index (χ1) is 9.74. The number of nitrogens with one attached hydrogen (secondary N) is 1. The van der Waals surface area contributed by atoms with Gasteiger partial charge in [-0.2, -0.15) is 0 Å². The average molecular weight is 292 g/mol. The molecule has 5 nitrogen and oxygen atoms in total.